The van der Waals surface area contributed by atoms with Gasteiger partial charge in [0.1, 0.15) is 0 Å². The molecule has 1 aromatic carbocycles. The van der Waals surface area contributed by atoms with E-state index in [1.807, 2.05) is 52.0 Å². The van der Waals surface area contributed by atoms with E-state index >= 15 is 0 Å². The summed E-state index contributed by atoms with van der Waals surface area (Å²) in [4.78, 5) is 14.2. The number of nitrogens with zero attached hydrogens (tertiary/aromatic N) is 1. The highest BCUT2D eigenvalue weighted by molar-refractivity contribution is 8.32. The second-order valence-corrected chi connectivity index (χ2v) is 7.42. The van der Waals surface area contributed by atoms with E-state index in [-0.39, 0.29) is 15.2 Å². The molecular formula is C15H20ClNO2S2. The van der Waals surface area contributed by atoms with Gasteiger partial charge in [-0.1, -0.05) is 23.7 Å². The average molecular weight is 346 g/mol. The van der Waals surface area contributed by atoms with E-state index in [4.69, 9.17) is 28.6 Å². The molecule has 0 atom stereocenters. The van der Waals surface area contributed by atoms with Gasteiger partial charge in [-0.2, -0.15) is 0 Å². The Morgan fingerprint density at radius 3 is 2.38 bits per heavy atom. The van der Waals surface area contributed by atoms with Gasteiger partial charge in [0.05, 0.1) is 6.61 Å². The van der Waals surface area contributed by atoms with Gasteiger partial charge in [0.2, 0.25) is 4.38 Å². The van der Waals surface area contributed by atoms with Gasteiger partial charge < -0.3 is 9.64 Å². The Labute approximate surface area is 141 Å². The van der Waals surface area contributed by atoms with E-state index in [9.17, 15) is 4.79 Å². The summed E-state index contributed by atoms with van der Waals surface area (Å²) in [5.41, 5.74) is 0.705. The first kappa shape index (κ1) is 18.3. The molecule has 0 saturated carbocycles. The number of benzene rings is 1. The molecule has 21 heavy (non-hydrogen) atoms. The Morgan fingerprint density at radius 2 is 1.90 bits per heavy atom. The van der Waals surface area contributed by atoms with Crippen molar-refractivity contribution in [1.29, 1.82) is 0 Å². The number of hydrogen-bond acceptors (Lipinski definition) is 4. The molecule has 0 saturated heterocycles. The molecule has 0 aliphatic heterocycles. The highest BCUT2D eigenvalue weighted by Gasteiger charge is 2.28. The Bertz CT molecular complexity index is 497. The summed E-state index contributed by atoms with van der Waals surface area (Å²) in [5.74, 6) is 0. The maximum Gasteiger partial charge on any atom is 0.290 e. The van der Waals surface area contributed by atoms with Gasteiger partial charge in [-0.15, -0.1) is 0 Å². The fourth-order valence-corrected chi connectivity index (χ4v) is 2.85. The van der Waals surface area contributed by atoms with E-state index in [1.165, 1.54) is 0 Å². The average Bonchev–Trinajstić information content (AvgIpc) is 2.36. The molecule has 0 bridgehead atoms. The fraction of sp³-hybridized carbons (Fsp3) is 0.467. The lowest BCUT2D eigenvalue weighted by Gasteiger charge is -2.35. The molecule has 0 aliphatic rings. The SMILES string of the molecule is CCOC(=S)SC(=O)N(Cc1ccc(Cl)cc1)C(C)(C)C. The summed E-state index contributed by atoms with van der Waals surface area (Å²) in [5, 5.41) is 0.565. The summed E-state index contributed by atoms with van der Waals surface area (Å²) in [6, 6.07) is 7.47. The monoisotopic (exact) mass is 345 g/mol. The predicted molar refractivity (Wildman–Crippen MR) is 94.0 cm³/mol. The Hall–Kier alpha value is -0.780. The second kappa shape index (κ2) is 8.01. The third-order valence-electron chi connectivity index (χ3n) is 2.72. The molecule has 1 rings (SSSR count). The number of halogens is 1. The molecule has 0 aromatic heterocycles. The van der Waals surface area contributed by atoms with Crippen LogP contribution in [0.5, 0.6) is 0 Å². The van der Waals surface area contributed by atoms with Crippen molar-refractivity contribution in [3.63, 3.8) is 0 Å². The number of thiocarbonyl (C=S) groups is 1. The van der Waals surface area contributed by atoms with Gasteiger partial charge >= 0.3 is 0 Å². The minimum atomic E-state index is -0.314. The van der Waals surface area contributed by atoms with Gasteiger partial charge in [0.25, 0.3) is 5.24 Å². The van der Waals surface area contributed by atoms with Crippen molar-refractivity contribution >= 4 is 45.2 Å². The van der Waals surface area contributed by atoms with E-state index in [1.54, 1.807) is 4.90 Å². The van der Waals surface area contributed by atoms with Crippen molar-refractivity contribution in [2.45, 2.75) is 39.8 Å². The molecule has 0 aliphatic carbocycles. The standard InChI is InChI=1S/C15H20ClNO2S2/c1-5-19-14(20)21-13(18)17(15(2,3)4)10-11-6-8-12(16)9-7-11/h6-9H,5,10H2,1-4H3. The first-order valence-corrected chi connectivity index (χ1v) is 8.25. The first-order valence-electron chi connectivity index (χ1n) is 6.64. The lowest BCUT2D eigenvalue weighted by atomic mass is 10.1. The molecule has 0 heterocycles. The number of hydrogen-bond donors (Lipinski definition) is 0. The van der Waals surface area contributed by atoms with Crippen LogP contribution in [0.4, 0.5) is 4.79 Å². The molecule has 0 fully saturated rings. The van der Waals surface area contributed by atoms with Crippen LogP contribution in [0.2, 0.25) is 5.02 Å². The molecule has 1 amide bonds. The van der Waals surface area contributed by atoms with Crippen LogP contribution in [-0.2, 0) is 11.3 Å². The molecule has 116 valence electrons. The number of thioether (sulfide) groups is 1. The van der Waals surface area contributed by atoms with Gasteiger partial charge in [-0.05, 0) is 57.6 Å². The number of rotatable bonds is 3. The van der Waals surface area contributed by atoms with Gasteiger partial charge in [-0.3, -0.25) is 4.79 Å². The van der Waals surface area contributed by atoms with Crippen molar-refractivity contribution in [3.05, 3.63) is 34.9 Å². The molecule has 0 spiro atoms. The molecule has 1 aromatic rings. The zero-order chi connectivity index (χ0) is 16.0. The molecule has 0 N–H and O–H groups in total. The summed E-state index contributed by atoms with van der Waals surface area (Å²) < 4.78 is 5.43. The van der Waals surface area contributed by atoms with Crippen LogP contribution in [0.1, 0.15) is 33.3 Å². The maximum atomic E-state index is 12.4. The van der Waals surface area contributed by atoms with Gasteiger partial charge in [0, 0.05) is 28.9 Å². The zero-order valence-corrected chi connectivity index (χ0v) is 15.1. The molecule has 3 nitrogen and oxygen atoms in total. The summed E-state index contributed by atoms with van der Waals surface area (Å²) >= 11 is 11.9. The molecular weight excluding hydrogens is 326 g/mol. The Kier molecular flexibility index (Phi) is 6.97. The molecule has 0 radical (unpaired) electrons. The van der Waals surface area contributed by atoms with Crippen molar-refractivity contribution in [2.24, 2.45) is 0 Å². The smallest absolute Gasteiger partial charge is 0.290 e. The van der Waals surface area contributed by atoms with Crippen molar-refractivity contribution in [3.8, 4) is 0 Å². The largest absolute Gasteiger partial charge is 0.479 e. The van der Waals surface area contributed by atoms with E-state index in [2.05, 4.69) is 0 Å². The molecule has 0 unspecified atom stereocenters. The predicted octanol–water partition coefficient (Wildman–Crippen LogP) is 5.12. The van der Waals surface area contributed by atoms with Crippen LogP contribution in [0.15, 0.2) is 24.3 Å². The van der Waals surface area contributed by atoms with Crippen molar-refractivity contribution < 1.29 is 9.53 Å². The maximum absolute atomic E-state index is 12.4. The summed E-state index contributed by atoms with van der Waals surface area (Å²) in [7, 11) is 0. The minimum Gasteiger partial charge on any atom is -0.479 e. The Morgan fingerprint density at radius 1 is 1.33 bits per heavy atom. The second-order valence-electron chi connectivity index (χ2n) is 5.43. The third kappa shape index (κ3) is 6.24. The van der Waals surface area contributed by atoms with Crippen LogP contribution in [0.25, 0.3) is 0 Å². The quantitative estimate of drug-likeness (QED) is 0.711. The van der Waals surface area contributed by atoms with Gasteiger partial charge in [0.15, 0.2) is 0 Å². The lowest BCUT2D eigenvalue weighted by Crippen LogP contribution is -2.43. The van der Waals surface area contributed by atoms with Gasteiger partial charge in [-0.25, -0.2) is 0 Å². The highest BCUT2D eigenvalue weighted by Crippen LogP contribution is 2.24. The van der Waals surface area contributed by atoms with E-state index in [0.717, 1.165) is 17.3 Å². The van der Waals surface area contributed by atoms with Crippen molar-refractivity contribution in [2.75, 3.05) is 6.61 Å². The Balaban J connectivity index is 2.83. The van der Waals surface area contributed by atoms with Crippen LogP contribution < -0.4 is 0 Å². The van der Waals surface area contributed by atoms with Crippen molar-refractivity contribution in [1.82, 2.24) is 4.90 Å². The van der Waals surface area contributed by atoms with Crippen LogP contribution in [-0.4, -0.2) is 26.7 Å². The number of ether oxygens (including phenoxy) is 1. The molecule has 6 heteroatoms. The highest BCUT2D eigenvalue weighted by atomic mass is 35.5. The number of amides is 1. The number of carbonyl (C=O) groups is 1. The van der Waals surface area contributed by atoms with Crippen LogP contribution in [0.3, 0.4) is 0 Å². The normalized spacial score (nSPS) is 11.1. The first-order chi connectivity index (χ1) is 9.74. The van der Waals surface area contributed by atoms with Crippen LogP contribution >= 0.6 is 35.6 Å². The number of carbonyl (C=O) groups excluding carboxylic acids is 1. The lowest BCUT2D eigenvalue weighted by molar-refractivity contribution is 0.162. The summed E-state index contributed by atoms with van der Waals surface area (Å²) in [6.45, 7) is 8.78. The zero-order valence-electron chi connectivity index (χ0n) is 12.7. The minimum absolute atomic E-state index is 0.115. The summed E-state index contributed by atoms with van der Waals surface area (Å²) in [6.07, 6.45) is 0. The van der Waals surface area contributed by atoms with Crippen LogP contribution in [0, 0.1) is 0 Å². The van der Waals surface area contributed by atoms with E-state index < -0.39 is 0 Å². The fourth-order valence-electron chi connectivity index (χ4n) is 1.62. The third-order valence-corrected chi connectivity index (χ3v) is 4.02. The topological polar surface area (TPSA) is 29.5 Å². The van der Waals surface area contributed by atoms with E-state index in [0.29, 0.717) is 18.2 Å².